The molecule has 0 unspecified atom stereocenters. The highest BCUT2D eigenvalue weighted by Crippen LogP contribution is 2.47. The van der Waals surface area contributed by atoms with Crippen molar-refractivity contribution in [2.24, 2.45) is 11.1 Å². The molecule has 8 heteroatoms. The first-order valence-corrected chi connectivity index (χ1v) is 6.06. The number of rotatable bonds is 3. The Labute approximate surface area is 117 Å². The maximum atomic E-state index is 13.5. The van der Waals surface area contributed by atoms with Crippen LogP contribution in [0.25, 0.3) is 0 Å². The van der Waals surface area contributed by atoms with E-state index >= 15 is 0 Å². The van der Waals surface area contributed by atoms with Crippen LogP contribution in [-0.4, -0.2) is 10.9 Å². The number of amides is 1. The largest absolute Gasteiger partial charge is 0.416 e. The van der Waals surface area contributed by atoms with Gasteiger partial charge in [-0.3, -0.25) is 4.79 Å². The van der Waals surface area contributed by atoms with Gasteiger partial charge in [-0.25, -0.2) is 4.39 Å². The molecule has 0 bridgehead atoms. The Balaban J connectivity index is 2.26. The molecule has 20 heavy (non-hydrogen) atoms. The topological polar surface area (TPSA) is 55.1 Å². The molecule has 1 amide bonds. The van der Waals surface area contributed by atoms with E-state index in [0.29, 0.717) is 31.0 Å². The predicted octanol–water partition coefficient (Wildman–Crippen LogP) is 2.85. The van der Waals surface area contributed by atoms with Gasteiger partial charge in [-0.1, -0.05) is 12.2 Å². The molecule has 0 spiro atoms. The minimum Gasteiger partial charge on any atom is -0.392 e. The van der Waals surface area contributed by atoms with Gasteiger partial charge in [-0.15, -0.1) is 0 Å². The summed E-state index contributed by atoms with van der Waals surface area (Å²) in [5, 5.41) is 2.13. The van der Waals surface area contributed by atoms with Gasteiger partial charge >= 0.3 is 6.18 Å². The molecule has 0 aliphatic heterocycles. The Morgan fingerprint density at radius 2 is 1.95 bits per heavy atom. The minimum atomic E-state index is -4.62. The first-order valence-electron chi connectivity index (χ1n) is 5.65. The Bertz CT molecular complexity index is 581. The number of anilines is 1. The molecular formula is C12H10F4N2OS. The molecule has 1 fully saturated rings. The van der Waals surface area contributed by atoms with Crippen molar-refractivity contribution in [3.8, 4) is 0 Å². The first-order chi connectivity index (χ1) is 9.17. The van der Waals surface area contributed by atoms with Crippen molar-refractivity contribution in [3.63, 3.8) is 0 Å². The summed E-state index contributed by atoms with van der Waals surface area (Å²) in [7, 11) is 0. The molecule has 3 nitrogen and oxygen atoms in total. The van der Waals surface area contributed by atoms with E-state index in [9.17, 15) is 22.4 Å². The van der Waals surface area contributed by atoms with Crippen LogP contribution < -0.4 is 11.1 Å². The van der Waals surface area contributed by atoms with Crippen LogP contribution in [0.5, 0.6) is 0 Å². The Morgan fingerprint density at radius 3 is 2.40 bits per heavy atom. The van der Waals surface area contributed by atoms with Gasteiger partial charge in [-0.2, -0.15) is 13.2 Å². The fraction of sp³-hybridized carbons (Fsp3) is 0.333. The van der Waals surface area contributed by atoms with Crippen LogP contribution in [0.3, 0.4) is 0 Å². The lowest BCUT2D eigenvalue weighted by Crippen LogP contribution is -2.35. The van der Waals surface area contributed by atoms with Crippen molar-refractivity contribution in [3.05, 3.63) is 29.6 Å². The average molecular weight is 306 g/mol. The van der Waals surface area contributed by atoms with E-state index in [-0.39, 0.29) is 4.99 Å². The summed E-state index contributed by atoms with van der Waals surface area (Å²) in [6, 6.07) is 1.80. The molecule has 1 aliphatic rings. The van der Waals surface area contributed by atoms with Gasteiger partial charge in [0.05, 0.1) is 21.7 Å². The summed E-state index contributed by atoms with van der Waals surface area (Å²) in [6.07, 6.45) is -3.79. The number of nitrogens with two attached hydrogens (primary N) is 1. The molecule has 1 aliphatic carbocycles. The van der Waals surface area contributed by atoms with E-state index in [1.54, 1.807) is 0 Å². The van der Waals surface area contributed by atoms with Crippen LogP contribution in [0.4, 0.5) is 23.2 Å². The highest BCUT2D eigenvalue weighted by Gasteiger charge is 2.52. The lowest BCUT2D eigenvalue weighted by atomic mass is 10.1. The monoisotopic (exact) mass is 306 g/mol. The molecule has 1 saturated carbocycles. The van der Waals surface area contributed by atoms with Crippen molar-refractivity contribution in [1.82, 2.24) is 0 Å². The molecule has 1 aromatic carbocycles. The van der Waals surface area contributed by atoms with E-state index in [0.717, 1.165) is 0 Å². The zero-order chi connectivity index (χ0) is 15.1. The molecule has 3 N–H and O–H groups in total. The predicted molar refractivity (Wildman–Crippen MR) is 68.5 cm³/mol. The summed E-state index contributed by atoms with van der Waals surface area (Å²) >= 11 is 4.75. The number of hydrogen-bond acceptors (Lipinski definition) is 2. The number of hydrogen-bond donors (Lipinski definition) is 2. The quantitative estimate of drug-likeness (QED) is 0.667. The second kappa shape index (κ2) is 4.69. The fourth-order valence-electron chi connectivity index (χ4n) is 1.75. The fourth-order valence-corrected chi connectivity index (χ4v) is 2.05. The van der Waals surface area contributed by atoms with E-state index in [1.807, 2.05) is 0 Å². The third-order valence-corrected chi connectivity index (χ3v) is 3.59. The first kappa shape index (κ1) is 14.7. The number of benzene rings is 1. The van der Waals surface area contributed by atoms with Gasteiger partial charge in [0, 0.05) is 0 Å². The highest BCUT2D eigenvalue weighted by molar-refractivity contribution is 7.80. The molecule has 0 heterocycles. The summed E-state index contributed by atoms with van der Waals surface area (Å²) in [5.74, 6) is -1.63. The Morgan fingerprint density at radius 1 is 1.35 bits per heavy atom. The lowest BCUT2D eigenvalue weighted by molar-refractivity contribution is -0.137. The maximum absolute atomic E-state index is 13.5. The molecule has 0 aromatic heterocycles. The number of thiocarbonyl (C=S) groups is 1. The smallest absolute Gasteiger partial charge is 0.392 e. The Hall–Kier alpha value is -1.70. The van der Waals surface area contributed by atoms with Gasteiger partial charge in [0.1, 0.15) is 5.82 Å². The standard InChI is InChI=1S/C12H10F4N2OS/c13-7-2-1-6(12(14,15)16)5-8(7)18-10(19)11(3-4-11)9(17)20/h1-2,5H,3-4H2,(H2,17,20)(H,18,19). The summed E-state index contributed by atoms with van der Waals surface area (Å²) in [4.78, 5) is 11.9. The van der Waals surface area contributed by atoms with Crippen molar-refractivity contribution >= 4 is 28.8 Å². The number of carbonyl (C=O) groups is 1. The van der Waals surface area contributed by atoms with E-state index < -0.39 is 34.6 Å². The number of nitrogens with one attached hydrogen (secondary N) is 1. The van der Waals surface area contributed by atoms with E-state index in [4.69, 9.17) is 18.0 Å². The second-order valence-electron chi connectivity index (χ2n) is 4.59. The van der Waals surface area contributed by atoms with Gasteiger partial charge in [0.15, 0.2) is 0 Å². The minimum absolute atomic E-state index is 0.0395. The molecule has 0 saturated heterocycles. The summed E-state index contributed by atoms with van der Waals surface area (Å²) in [6.45, 7) is 0. The van der Waals surface area contributed by atoms with Crippen LogP contribution >= 0.6 is 12.2 Å². The van der Waals surface area contributed by atoms with Crippen LogP contribution in [0.1, 0.15) is 18.4 Å². The summed E-state index contributed by atoms with van der Waals surface area (Å²) < 4.78 is 51.1. The molecule has 0 atom stereocenters. The highest BCUT2D eigenvalue weighted by atomic mass is 32.1. The third kappa shape index (κ3) is 2.60. The second-order valence-corrected chi connectivity index (χ2v) is 5.03. The molecule has 1 aromatic rings. The average Bonchev–Trinajstić information content (AvgIpc) is 3.11. The SMILES string of the molecule is NC(=S)C1(C(=O)Nc2cc(C(F)(F)F)ccc2F)CC1. The number of alkyl halides is 3. The molecule has 108 valence electrons. The van der Waals surface area contributed by atoms with E-state index in [1.165, 1.54) is 0 Å². The molecule has 0 radical (unpaired) electrons. The maximum Gasteiger partial charge on any atom is 0.416 e. The van der Waals surface area contributed by atoms with E-state index in [2.05, 4.69) is 5.32 Å². The zero-order valence-corrected chi connectivity index (χ0v) is 10.9. The van der Waals surface area contributed by atoms with Crippen LogP contribution in [0, 0.1) is 11.2 Å². The number of halogens is 4. The van der Waals surface area contributed by atoms with Crippen LogP contribution in [0.2, 0.25) is 0 Å². The van der Waals surface area contributed by atoms with Gasteiger partial charge < -0.3 is 11.1 Å². The van der Waals surface area contributed by atoms with Gasteiger partial charge in [-0.05, 0) is 31.0 Å². The number of carbonyl (C=O) groups excluding carboxylic acids is 1. The normalized spacial score (nSPS) is 16.6. The van der Waals surface area contributed by atoms with Crippen molar-refractivity contribution in [2.75, 3.05) is 5.32 Å². The molecule has 2 rings (SSSR count). The molecular weight excluding hydrogens is 296 g/mol. The van der Waals surface area contributed by atoms with Gasteiger partial charge in [0.25, 0.3) is 0 Å². The van der Waals surface area contributed by atoms with Crippen LogP contribution in [0.15, 0.2) is 18.2 Å². The zero-order valence-electron chi connectivity index (χ0n) is 10.1. The Kier molecular flexibility index (Phi) is 3.45. The lowest BCUT2D eigenvalue weighted by Gasteiger charge is -2.15. The summed E-state index contributed by atoms with van der Waals surface area (Å²) in [5.41, 5.74) is 2.78. The van der Waals surface area contributed by atoms with Crippen molar-refractivity contribution < 1.29 is 22.4 Å². The third-order valence-electron chi connectivity index (χ3n) is 3.20. The van der Waals surface area contributed by atoms with Crippen LogP contribution in [-0.2, 0) is 11.0 Å². The van der Waals surface area contributed by atoms with Crippen molar-refractivity contribution in [1.29, 1.82) is 0 Å². The van der Waals surface area contributed by atoms with Crippen molar-refractivity contribution in [2.45, 2.75) is 19.0 Å². The van der Waals surface area contributed by atoms with Gasteiger partial charge in [0.2, 0.25) is 5.91 Å².